The summed E-state index contributed by atoms with van der Waals surface area (Å²) in [5, 5.41) is 1.74. The van der Waals surface area contributed by atoms with Crippen molar-refractivity contribution in [2.45, 2.75) is 17.2 Å². The van der Waals surface area contributed by atoms with Crippen LogP contribution in [0.25, 0.3) is 0 Å². The molecule has 0 aliphatic carbocycles. The summed E-state index contributed by atoms with van der Waals surface area (Å²) in [5.74, 6) is 0. The minimum atomic E-state index is -3.42. The molecule has 6 heteroatoms. The van der Waals surface area contributed by atoms with E-state index < -0.39 is 10.0 Å². The molecule has 1 unspecified atom stereocenters. The molecule has 0 spiro atoms. The molecule has 2 rings (SSSR count). The number of pyridine rings is 1. The molecule has 0 aliphatic rings. The van der Waals surface area contributed by atoms with Crippen LogP contribution < -0.4 is 4.72 Å². The van der Waals surface area contributed by atoms with Gasteiger partial charge in [0.25, 0.3) is 10.0 Å². The van der Waals surface area contributed by atoms with Crippen LogP contribution in [-0.2, 0) is 10.0 Å². The minimum absolute atomic E-state index is 0.273. The Hall–Kier alpha value is -1.24. The Morgan fingerprint density at radius 2 is 2.00 bits per heavy atom. The molecular weight excluding hydrogens is 256 g/mol. The molecule has 2 heterocycles. The van der Waals surface area contributed by atoms with Crippen LogP contribution in [0.1, 0.15) is 18.5 Å². The molecule has 0 amide bonds. The molecule has 0 saturated carbocycles. The third kappa shape index (κ3) is 2.91. The Kier molecular flexibility index (Phi) is 3.56. The average molecular weight is 268 g/mol. The molecule has 0 aliphatic heterocycles. The van der Waals surface area contributed by atoms with Crippen molar-refractivity contribution in [3.8, 4) is 0 Å². The van der Waals surface area contributed by atoms with Crippen LogP contribution in [0.4, 0.5) is 0 Å². The van der Waals surface area contributed by atoms with Gasteiger partial charge in [0.2, 0.25) is 0 Å². The molecule has 1 atom stereocenters. The molecule has 1 N–H and O–H groups in total. The summed E-state index contributed by atoms with van der Waals surface area (Å²) in [4.78, 5) is 3.90. The van der Waals surface area contributed by atoms with E-state index in [4.69, 9.17) is 0 Å². The molecule has 90 valence electrons. The molecule has 0 fully saturated rings. The predicted octanol–water partition coefficient (Wildman–Crippen LogP) is 2.18. The van der Waals surface area contributed by atoms with E-state index >= 15 is 0 Å². The first kappa shape index (κ1) is 12.2. The monoisotopic (exact) mass is 268 g/mol. The second-order valence-corrected chi connectivity index (χ2v) is 6.44. The van der Waals surface area contributed by atoms with Gasteiger partial charge in [-0.3, -0.25) is 4.98 Å². The van der Waals surface area contributed by atoms with Gasteiger partial charge in [0, 0.05) is 18.4 Å². The largest absolute Gasteiger partial charge is 0.265 e. The van der Waals surface area contributed by atoms with Crippen molar-refractivity contribution in [1.29, 1.82) is 0 Å². The second kappa shape index (κ2) is 4.95. The van der Waals surface area contributed by atoms with E-state index in [-0.39, 0.29) is 6.04 Å². The van der Waals surface area contributed by atoms with Crippen molar-refractivity contribution in [1.82, 2.24) is 9.71 Å². The Morgan fingerprint density at radius 1 is 1.29 bits per heavy atom. The summed E-state index contributed by atoms with van der Waals surface area (Å²) in [6.45, 7) is 1.81. The molecule has 2 aromatic heterocycles. The minimum Gasteiger partial charge on any atom is -0.265 e. The van der Waals surface area contributed by atoms with Gasteiger partial charge < -0.3 is 0 Å². The van der Waals surface area contributed by atoms with Crippen LogP contribution in [0.2, 0.25) is 0 Å². The zero-order valence-electron chi connectivity index (χ0n) is 9.20. The number of thiophene rings is 1. The highest BCUT2D eigenvalue weighted by Gasteiger charge is 2.18. The van der Waals surface area contributed by atoms with Crippen molar-refractivity contribution in [3.05, 3.63) is 47.6 Å². The van der Waals surface area contributed by atoms with Gasteiger partial charge in [0.05, 0.1) is 0 Å². The highest BCUT2D eigenvalue weighted by atomic mass is 32.2. The lowest BCUT2D eigenvalue weighted by molar-refractivity contribution is 0.569. The van der Waals surface area contributed by atoms with Gasteiger partial charge in [0.15, 0.2) is 0 Å². The van der Waals surface area contributed by atoms with Gasteiger partial charge in [-0.1, -0.05) is 6.07 Å². The molecule has 0 bridgehead atoms. The number of nitrogens with zero attached hydrogens (tertiary/aromatic N) is 1. The number of nitrogens with one attached hydrogen (secondary N) is 1. The number of sulfonamides is 1. The normalized spacial score (nSPS) is 13.5. The Bertz CT molecular complexity index is 565. The SMILES string of the molecule is CC(NS(=O)(=O)c1cccs1)c1ccncc1. The molecule has 4 nitrogen and oxygen atoms in total. The van der Waals surface area contributed by atoms with Gasteiger partial charge in [-0.25, -0.2) is 13.1 Å². The lowest BCUT2D eigenvalue weighted by Gasteiger charge is -2.13. The molecule has 0 saturated heterocycles. The maximum absolute atomic E-state index is 12.0. The number of aromatic nitrogens is 1. The smallest absolute Gasteiger partial charge is 0.250 e. The Balaban J connectivity index is 2.17. The first-order valence-electron chi connectivity index (χ1n) is 5.05. The zero-order chi connectivity index (χ0) is 12.3. The van der Waals surface area contributed by atoms with Crippen molar-refractivity contribution in [2.75, 3.05) is 0 Å². The standard InChI is InChI=1S/C11H12N2O2S2/c1-9(10-4-6-12-7-5-10)13-17(14,15)11-3-2-8-16-11/h2-9,13H,1H3. The number of hydrogen-bond donors (Lipinski definition) is 1. The lowest BCUT2D eigenvalue weighted by atomic mass is 10.1. The fourth-order valence-electron chi connectivity index (χ4n) is 1.43. The summed E-state index contributed by atoms with van der Waals surface area (Å²) in [6, 6.07) is 6.62. The molecule has 0 aromatic carbocycles. The maximum Gasteiger partial charge on any atom is 0.250 e. The number of rotatable bonds is 4. The van der Waals surface area contributed by atoms with Gasteiger partial charge in [0.1, 0.15) is 4.21 Å². The first-order valence-corrected chi connectivity index (χ1v) is 7.41. The third-order valence-corrected chi connectivity index (χ3v) is 5.24. The summed E-state index contributed by atoms with van der Waals surface area (Å²) in [6.07, 6.45) is 3.29. The van der Waals surface area contributed by atoms with Gasteiger partial charge in [-0.05, 0) is 36.1 Å². The highest BCUT2D eigenvalue weighted by Crippen LogP contribution is 2.19. The van der Waals surface area contributed by atoms with Crippen LogP contribution in [0.15, 0.2) is 46.2 Å². The van der Waals surface area contributed by atoms with Gasteiger partial charge >= 0.3 is 0 Å². The van der Waals surface area contributed by atoms with E-state index in [9.17, 15) is 8.42 Å². The van der Waals surface area contributed by atoms with Crippen LogP contribution in [0.3, 0.4) is 0 Å². The topological polar surface area (TPSA) is 59.1 Å². The van der Waals surface area contributed by atoms with Crippen LogP contribution in [0, 0.1) is 0 Å². The van der Waals surface area contributed by atoms with Crippen molar-refractivity contribution < 1.29 is 8.42 Å². The third-order valence-electron chi connectivity index (χ3n) is 2.30. The zero-order valence-corrected chi connectivity index (χ0v) is 10.8. The fraction of sp³-hybridized carbons (Fsp3) is 0.182. The van der Waals surface area contributed by atoms with Crippen LogP contribution in [0.5, 0.6) is 0 Å². The molecular formula is C11H12N2O2S2. The lowest BCUT2D eigenvalue weighted by Crippen LogP contribution is -2.26. The fourth-order valence-corrected chi connectivity index (χ4v) is 3.67. The summed E-state index contributed by atoms with van der Waals surface area (Å²) < 4.78 is 26.9. The summed E-state index contributed by atoms with van der Waals surface area (Å²) in [5.41, 5.74) is 0.889. The van der Waals surface area contributed by atoms with Crippen molar-refractivity contribution in [2.24, 2.45) is 0 Å². The summed E-state index contributed by atoms with van der Waals surface area (Å²) >= 11 is 1.20. The average Bonchev–Trinajstić information content (AvgIpc) is 2.84. The van der Waals surface area contributed by atoms with Crippen molar-refractivity contribution in [3.63, 3.8) is 0 Å². The van der Waals surface area contributed by atoms with E-state index in [0.29, 0.717) is 4.21 Å². The van der Waals surface area contributed by atoms with E-state index in [1.165, 1.54) is 11.3 Å². The second-order valence-electron chi connectivity index (χ2n) is 3.56. The highest BCUT2D eigenvalue weighted by molar-refractivity contribution is 7.91. The molecule has 0 radical (unpaired) electrons. The number of hydrogen-bond acceptors (Lipinski definition) is 4. The molecule has 2 aromatic rings. The Morgan fingerprint density at radius 3 is 2.59 bits per heavy atom. The summed E-state index contributed by atoms with van der Waals surface area (Å²) in [7, 11) is -3.42. The van der Waals surface area contributed by atoms with E-state index in [2.05, 4.69) is 9.71 Å². The van der Waals surface area contributed by atoms with E-state index in [1.54, 1.807) is 49.0 Å². The van der Waals surface area contributed by atoms with Crippen LogP contribution in [-0.4, -0.2) is 13.4 Å². The quantitative estimate of drug-likeness (QED) is 0.924. The van der Waals surface area contributed by atoms with Gasteiger partial charge in [-0.15, -0.1) is 11.3 Å². The Labute approximate surface area is 104 Å². The van der Waals surface area contributed by atoms with Crippen LogP contribution >= 0.6 is 11.3 Å². The van der Waals surface area contributed by atoms with Gasteiger partial charge in [-0.2, -0.15) is 0 Å². The van der Waals surface area contributed by atoms with E-state index in [0.717, 1.165) is 5.56 Å². The first-order chi connectivity index (χ1) is 8.09. The maximum atomic E-state index is 12.0. The molecule has 17 heavy (non-hydrogen) atoms. The van der Waals surface area contributed by atoms with E-state index in [1.807, 2.05) is 0 Å². The predicted molar refractivity (Wildman–Crippen MR) is 67.3 cm³/mol. The van der Waals surface area contributed by atoms with Crippen molar-refractivity contribution >= 4 is 21.4 Å².